The van der Waals surface area contributed by atoms with E-state index >= 15 is 0 Å². The van der Waals surface area contributed by atoms with Crippen molar-refractivity contribution in [1.82, 2.24) is 10.1 Å². The topological polar surface area (TPSA) is 74.2 Å². The lowest BCUT2D eigenvalue weighted by Crippen LogP contribution is -2.27. The van der Waals surface area contributed by atoms with Gasteiger partial charge in [-0.15, -0.1) is 0 Å². The van der Waals surface area contributed by atoms with Gasteiger partial charge >= 0.3 is 0 Å². The molecule has 0 saturated heterocycles. The molecule has 0 amide bonds. The van der Waals surface area contributed by atoms with Crippen LogP contribution in [0.15, 0.2) is 4.52 Å². The summed E-state index contributed by atoms with van der Waals surface area (Å²) >= 11 is 0. The lowest BCUT2D eigenvalue weighted by molar-refractivity contribution is -0.0403. The maximum Gasteiger partial charge on any atom is 0.243 e. The standard InChI is InChI=1S/C13H25N3O2/c1-6-9(4)10(14)11-15-12(16-18-11)13(5,7-2)17-8-3/h9-10H,6-8,14H2,1-5H3. The minimum Gasteiger partial charge on any atom is -0.367 e. The number of nitrogens with zero attached hydrogens (tertiary/aromatic N) is 2. The van der Waals surface area contributed by atoms with Crippen LogP contribution in [0.5, 0.6) is 0 Å². The van der Waals surface area contributed by atoms with Gasteiger partial charge in [-0.3, -0.25) is 0 Å². The number of hydrogen-bond acceptors (Lipinski definition) is 5. The summed E-state index contributed by atoms with van der Waals surface area (Å²) in [6.07, 6.45) is 1.77. The van der Waals surface area contributed by atoms with E-state index in [4.69, 9.17) is 15.0 Å². The summed E-state index contributed by atoms with van der Waals surface area (Å²) in [6, 6.07) is -0.209. The highest BCUT2D eigenvalue weighted by atomic mass is 16.5. The van der Waals surface area contributed by atoms with Gasteiger partial charge in [-0.25, -0.2) is 0 Å². The van der Waals surface area contributed by atoms with Crippen LogP contribution in [0, 0.1) is 5.92 Å². The Hall–Kier alpha value is -0.940. The second-order valence-corrected chi connectivity index (χ2v) is 4.88. The smallest absolute Gasteiger partial charge is 0.243 e. The molecule has 1 aromatic rings. The van der Waals surface area contributed by atoms with E-state index in [0.717, 1.165) is 12.8 Å². The quantitative estimate of drug-likeness (QED) is 0.811. The maximum atomic E-state index is 6.08. The van der Waals surface area contributed by atoms with Crippen LogP contribution in [0.2, 0.25) is 0 Å². The largest absolute Gasteiger partial charge is 0.367 e. The molecular weight excluding hydrogens is 230 g/mol. The molecule has 104 valence electrons. The maximum absolute atomic E-state index is 6.08. The zero-order valence-corrected chi connectivity index (χ0v) is 12.1. The van der Waals surface area contributed by atoms with Crippen molar-refractivity contribution in [3.8, 4) is 0 Å². The first-order valence-corrected chi connectivity index (χ1v) is 6.72. The number of hydrogen-bond donors (Lipinski definition) is 1. The molecule has 0 aliphatic rings. The van der Waals surface area contributed by atoms with E-state index in [1.807, 2.05) is 20.8 Å². The molecule has 0 radical (unpaired) electrons. The van der Waals surface area contributed by atoms with Gasteiger partial charge in [0.15, 0.2) is 0 Å². The fraction of sp³-hybridized carbons (Fsp3) is 0.846. The van der Waals surface area contributed by atoms with Crippen LogP contribution in [0.1, 0.15) is 65.2 Å². The summed E-state index contributed by atoms with van der Waals surface area (Å²) in [5, 5.41) is 4.02. The molecule has 0 aliphatic heterocycles. The minimum absolute atomic E-state index is 0.209. The molecule has 0 fully saturated rings. The average molecular weight is 255 g/mol. The van der Waals surface area contributed by atoms with E-state index in [2.05, 4.69) is 24.0 Å². The first kappa shape index (κ1) is 15.1. The van der Waals surface area contributed by atoms with Crippen molar-refractivity contribution < 1.29 is 9.26 Å². The van der Waals surface area contributed by atoms with E-state index in [1.165, 1.54) is 0 Å². The van der Waals surface area contributed by atoms with Crippen molar-refractivity contribution in [3.05, 3.63) is 11.7 Å². The molecule has 3 atom stereocenters. The molecule has 1 aromatic heterocycles. The summed E-state index contributed by atoms with van der Waals surface area (Å²) in [6.45, 7) is 10.8. The summed E-state index contributed by atoms with van der Waals surface area (Å²) in [4.78, 5) is 4.41. The highest BCUT2D eigenvalue weighted by Gasteiger charge is 2.32. The van der Waals surface area contributed by atoms with Crippen LogP contribution >= 0.6 is 0 Å². The zero-order valence-electron chi connectivity index (χ0n) is 12.1. The fourth-order valence-corrected chi connectivity index (χ4v) is 1.73. The van der Waals surface area contributed by atoms with Gasteiger partial charge in [0, 0.05) is 6.61 Å². The lowest BCUT2D eigenvalue weighted by atomic mass is 9.99. The monoisotopic (exact) mass is 255 g/mol. The Kier molecular flexibility index (Phi) is 5.28. The second kappa shape index (κ2) is 6.29. The molecule has 3 unspecified atom stereocenters. The Morgan fingerprint density at radius 2 is 2.06 bits per heavy atom. The Morgan fingerprint density at radius 1 is 1.39 bits per heavy atom. The van der Waals surface area contributed by atoms with Gasteiger partial charge in [-0.1, -0.05) is 32.3 Å². The molecule has 0 bridgehead atoms. The number of rotatable bonds is 7. The second-order valence-electron chi connectivity index (χ2n) is 4.88. The Labute approximate surface area is 109 Å². The van der Waals surface area contributed by atoms with Crippen molar-refractivity contribution in [1.29, 1.82) is 0 Å². The van der Waals surface area contributed by atoms with Crippen LogP contribution in [0.4, 0.5) is 0 Å². The van der Waals surface area contributed by atoms with Gasteiger partial charge in [0.1, 0.15) is 5.60 Å². The van der Waals surface area contributed by atoms with E-state index in [1.54, 1.807) is 0 Å². The molecule has 5 heteroatoms. The highest BCUT2D eigenvalue weighted by molar-refractivity contribution is 5.01. The van der Waals surface area contributed by atoms with Crippen LogP contribution in [0.3, 0.4) is 0 Å². The van der Waals surface area contributed by atoms with Gasteiger partial charge in [0.2, 0.25) is 11.7 Å². The highest BCUT2D eigenvalue weighted by Crippen LogP contribution is 2.28. The summed E-state index contributed by atoms with van der Waals surface area (Å²) in [5.74, 6) is 1.40. The van der Waals surface area contributed by atoms with Crippen LogP contribution < -0.4 is 5.73 Å². The summed E-state index contributed by atoms with van der Waals surface area (Å²) in [5.41, 5.74) is 5.59. The van der Waals surface area contributed by atoms with Crippen LogP contribution in [-0.2, 0) is 10.3 Å². The van der Waals surface area contributed by atoms with Crippen LogP contribution in [0.25, 0.3) is 0 Å². The first-order valence-electron chi connectivity index (χ1n) is 6.72. The Balaban J connectivity index is 2.91. The molecule has 0 saturated carbocycles. The molecule has 0 aromatic carbocycles. The van der Waals surface area contributed by atoms with E-state index < -0.39 is 5.60 Å². The predicted molar refractivity (Wildman–Crippen MR) is 70.0 cm³/mol. The third-order valence-electron chi connectivity index (χ3n) is 3.59. The van der Waals surface area contributed by atoms with E-state index in [0.29, 0.717) is 24.2 Å². The molecule has 18 heavy (non-hydrogen) atoms. The zero-order chi connectivity index (χ0) is 13.8. The Morgan fingerprint density at radius 3 is 2.56 bits per heavy atom. The van der Waals surface area contributed by atoms with Crippen molar-refractivity contribution in [2.24, 2.45) is 11.7 Å². The molecule has 5 nitrogen and oxygen atoms in total. The molecule has 1 rings (SSSR count). The van der Waals surface area contributed by atoms with Gasteiger partial charge in [0.05, 0.1) is 6.04 Å². The third kappa shape index (κ3) is 3.09. The van der Waals surface area contributed by atoms with E-state index in [9.17, 15) is 0 Å². The van der Waals surface area contributed by atoms with Gasteiger partial charge in [-0.05, 0) is 26.2 Å². The SMILES string of the molecule is CCOC(C)(CC)c1noc(C(N)C(C)CC)n1. The van der Waals surface area contributed by atoms with E-state index in [-0.39, 0.29) is 6.04 Å². The van der Waals surface area contributed by atoms with Gasteiger partial charge in [0.25, 0.3) is 0 Å². The average Bonchev–Trinajstić information content (AvgIpc) is 2.87. The third-order valence-corrected chi connectivity index (χ3v) is 3.59. The van der Waals surface area contributed by atoms with Gasteiger partial charge in [-0.2, -0.15) is 4.98 Å². The summed E-state index contributed by atoms with van der Waals surface area (Å²) < 4.78 is 11.0. The molecule has 1 heterocycles. The van der Waals surface area contributed by atoms with Gasteiger partial charge < -0.3 is 15.0 Å². The van der Waals surface area contributed by atoms with Crippen LogP contribution in [-0.4, -0.2) is 16.7 Å². The first-order chi connectivity index (χ1) is 8.48. The fourth-order valence-electron chi connectivity index (χ4n) is 1.73. The predicted octanol–water partition coefficient (Wildman–Crippen LogP) is 2.78. The number of nitrogens with two attached hydrogens (primary N) is 1. The van der Waals surface area contributed by atoms with Crippen molar-refractivity contribution in [2.45, 2.75) is 59.1 Å². The molecular formula is C13H25N3O2. The van der Waals surface area contributed by atoms with Crippen molar-refractivity contribution >= 4 is 0 Å². The molecule has 0 spiro atoms. The van der Waals surface area contributed by atoms with Crippen molar-refractivity contribution in [3.63, 3.8) is 0 Å². The number of aromatic nitrogens is 2. The minimum atomic E-state index is -0.494. The summed E-state index contributed by atoms with van der Waals surface area (Å²) in [7, 11) is 0. The molecule has 0 aliphatic carbocycles. The lowest BCUT2D eigenvalue weighted by Gasteiger charge is -2.24. The Bertz CT molecular complexity index is 367. The molecule has 2 N–H and O–H groups in total. The number of ether oxygens (including phenoxy) is 1. The van der Waals surface area contributed by atoms with Crippen molar-refractivity contribution in [2.75, 3.05) is 6.61 Å². The normalized spacial score (nSPS) is 18.3.